The van der Waals surface area contributed by atoms with Crippen molar-refractivity contribution in [3.63, 3.8) is 0 Å². The third kappa shape index (κ3) is 9.54. The summed E-state index contributed by atoms with van der Waals surface area (Å²) in [5, 5.41) is 11.7. The number of hydrogen-bond donors (Lipinski definition) is 4. The van der Waals surface area contributed by atoms with Gasteiger partial charge in [-0.3, -0.25) is 0 Å². The minimum absolute atomic E-state index is 0. The smallest absolute Gasteiger partial charge is 0.288 e. The number of nitrogens with one attached hydrogen (secondary N) is 1. The van der Waals surface area contributed by atoms with Crippen LogP contribution in [0.3, 0.4) is 0 Å². The number of allylic oxidation sites excluding steroid dienone is 1. The summed E-state index contributed by atoms with van der Waals surface area (Å²) in [7, 11) is 0. The van der Waals surface area contributed by atoms with E-state index in [1.807, 2.05) is 17.8 Å². The van der Waals surface area contributed by atoms with Crippen LogP contribution in [0.4, 0.5) is 0 Å². The molecule has 0 bridgehead atoms. The molecule has 0 unspecified atom stereocenters. The highest BCUT2D eigenvalue weighted by atomic mass is 15.5. The van der Waals surface area contributed by atoms with E-state index in [4.69, 9.17) is 5.73 Å². The van der Waals surface area contributed by atoms with Crippen LogP contribution in [0.2, 0.25) is 0 Å². The van der Waals surface area contributed by atoms with Crippen molar-refractivity contribution in [2.24, 2.45) is 16.1 Å². The van der Waals surface area contributed by atoms with Crippen LogP contribution in [0.5, 0.6) is 0 Å². The maximum atomic E-state index is 5.94. The van der Waals surface area contributed by atoms with E-state index in [2.05, 4.69) is 42.7 Å². The molecule has 0 aromatic carbocycles. The summed E-state index contributed by atoms with van der Waals surface area (Å²) < 4.78 is 1.89. The number of nitrogens with zero attached hydrogens (tertiary/aromatic N) is 3. The van der Waals surface area contributed by atoms with Crippen molar-refractivity contribution in [2.75, 3.05) is 6.54 Å². The van der Waals surface area contributed by atoms with Gasteiger partial charge >= 0.3 is 0 Å². The SMILES string of the molecule is C=C(CC[C]1C=[N+](C(C)C)N=N1)NCCCC[C@H](N)C(=C)C.N.N. The molecule has 1 aliphatic rings. The van der Waals surface area contributed by atoms with Crippen LogP contribution in [0.1, 0.15) is 52.9 Å². The van der Waals surface area contributed by atoms with E-state index >= 15 is 0 Å². The first-order valence-electron chi connectivity index (χ1n) is 8.13. The summed E-state index contributed by atoms with van der Waals surface area (Å²) >= 11 is 0. The zero-order valence-corrected chi connectivity index (χ0v) is 15.7. The lowest BCUT2D eigenvalue weighted by atomic mass is 10.0. The molecule has 0 amide bonds. The first-order valence-corrected chi connectivity index (χ1v) is 8.13. The zero-order chi connectivity index (χ0) is 16.5. The molecule has 1 heterocycles. The first kappa shape index (κ1) is 24.7. The van der Waals surface area contributed by atoms with E-state index in [9.17, 15) is 0 Å². The summed E-state index contributed by atoms with van der Waals surface area (Å²) in [5.41, 5.74) is 8.06. The lowest BCUT2D eigenvalue weighted by Gasteiger charge is -2.12. The molecule has 9 N–H and O–H groups in total. The highest BCUT2D eigenvalue weighted by Gasteiger charge is 2.25. The van der Waals surface area contributed by atoms with Gasteiger partial charge in [-0.1, -0.05) is 18.7 Å². The Bertz CT molecular complexity index is 440. The number of hydrogen-bond acceptors (Lipinski definition) is 6. The van der Waals surface area contributed by atoms with Gasteiger partial charge in [0.1, 0.15) is 11.3 Å². The Morgan fingerprint density at radius 3 is 2.50 bits per heavy atom. The number of nitrogens with two attached hydrogens (primary N) is 1. The fourth-order valence-electron chi connectivity index (χ4n) is 2.05. The Hall–Kier alpha value is -1.57. The van der Waals surface area contributed by atoms with Gasteiger partial charge in [-0.2, -0.15) is 0 Å². The van der Waals surface area contributed by atoms with Crippen molar-refractivity contribution < 1.29 is 4.68 Å². The average molecular weight is 340 g/mol. The predicted octanol–water partition coefficient (Wildman–Crippen LogP) is 3.67. The molecule has 0 aromatic rings. The Labute approximate surface area is 147 Å². The maximum absolute atomic E-state index is 5.94. The molecule has 1 radical (unpaired) electrons. The van der Waals surface area contributed by atoms with Crippen LogP contribution in [0.25, 0.3) is 0 Å². The molecule has 0 saturated heterocycles. The molecule has 0 saturated carbocycles. The van der Waals surface area contributed by atoms with Crippen LogP contribution in [0.15, 0.2) is 34.8 Å². The molecule has 1 atom stereocenters. The van der Waals surface area contributed by atoms with Gasteiger partial charge in [0.2, 0.25) is 0 Å². The van der Waals surface area contributed by atoms with Gasteiger partial charge in [0, 0.05) is 24.7 Å². The van der Waals surface area contributed by atoms with Gasteiger partial charge < -0.3 is 23.4 Å². The first-order chi connectivity index (χ1) is 10.4. The van der Waals surface area contributed by atoms with E-state index < -0.39 is 0 Å². The van der Waals surface area contributed by atoms with E-state index in [1.54, 1.807) is 0 Å². The van der Waals surface area contributed by atoms with Crippen molar-refractivity contribution in [3.8, 4) is 0 Å². The van der Waals surface area contributed by atoms with Crippen molar-refractivity contribution >= 4 is 6.21 Å². The van der Waals surface area contributed by atoms with Gasteiger partial charge in [-0.05, 0) is 46.5 Å². The van der Waals surface area contributed by atoms with Crippen molar-refractivity contribution in [1.82, 2.24) is 17.6 Å². The zero-order valence-electron chi connectivity index (χ0n) is 15.7. The van der Waals surface area contributed by atoms with Crippen LogP contribution in [-0.2, 0) is 0 Å². The molecule has 0 aromatic heterocycles. The maximum Gasteiger partial charge on any atom is 0.288 e. The Morgan fingerprint density at radius 1 is 1.29 bits per heavy atom. The largest absolute Gasteiger partial charge is 0.389 e. The highest BCUT2D eigenvalue weighted by Crippen LogP contribution is 2.17. The average Bonchev–Trinajstić information content (AvgIpc) is 2.93. The molecule has 7 heteroatoms. The van der Waals surface area contributed by atoms with Crippen LogP contribution in [0, 0.1) is 6.04 Å². The molecule has 0 aliphatic carbocycles. The summed E-state index contributed by atoms with van der Waals surface area (Å²) in [4.78, 5) is 0. The molecule has 139 valence electrons. The second-order valence-corrected chi connectivity index (χ2v) is 6.26. The van der Waals surface area contributed by atoms with Crippen LogP contribution in [-0.4, -0.2) is 29.5 Å². The third-order valence-corrected chi connectivity index (χ3v) is 3.72. The Balaban J connectivity index is 0. The normalized spacial score (nSPS) is 14.6. The quantitative estimate of drug-likeness (QED) is 0.259. The fourth-order valence-corrected chi connectivity index (χ4v) is 2.05. The molecule has 0 spiro atoms. The third-order valence-electron chi connectivity index (χ3n) is 3.72. The van der Waals surface area contributed by atoms with Crippen molar-refractivity contribution in [3.05, 3.63) is 30.5 Å². The summed E-state index contributed by atoms with van der Waals surface area (Å²) in [6.45, 7) is 15.1. The second-order valence-electron chi connectivity index (χ2n) is 6.26. The van der Waals surface area contributed by atoms with Crippen molar-refractivity contribution in [1.29, 1.82) is 0 Å². The topological polar surface area (TPSA) is 136 Å². The second kappa shape index (κ2) is 12.8. The molecule has 1 rings (SSSR count). The molecule has 7 nitrogen and oxygen atoms in total. The summed E-state index contributed by atoms with van der Waals surface area (Å²) in [6, 6.07) is 1.50. The van der Waals surface area contributed by atoms with Gasteiger partial charge in [-0.15, -0.1) is 4.68 Å². The van der Waals surface area contributed by atoms with Gasteiger partial charge in [0.15, 0.2) is 6.21 Å². The van der Waals surface area contributed by atoms with E-state index in [-0.39, 0.29) is 18.3 Å². The summed E-state index contributed by atoms with van der Waals surface area (Å²) in [6.07, 6.45) is 6.99. The molecular weight excluding hydrogens is 302 g/mol. The Kier molecular flexibility index (Phi) is 13.2. The molecule has 24 heavy (non-hydrogen) atoms. The fraction of sp³-hybridized carbons (Fsp3) is 0.647. The standard InChI is InChI=1S/C17H31N5.2H3N/c1-13(2)17(18)8-6-7-11-19-15(5)9-10-16-12-22(14(3)4)21-20-16;;/h12,14,17,19H,1,5-11,18H2,2-4H3;2*1H3/q+1;;/t17-;;/m0../s1. The summed E-state index contributed by atoms with van der Waals surface area (Å²) in [5.74, 6) is 0. The molecular formula is C17H37N7+. The van der Waals surface area contributed by atoms with Gasteiger partial charge in [-0.25, -0.2) is 0 Å². The molecule has 1 aliphatic heterocycles. The lowest BCUT2D eigenvalue weighted by molar-refractivity contribution is -0.562. The van der Waals surface area contributed by atoms with E-state index in [0.717, 1.165) is 56.0 Å². The monoisotopic (exact) mass is 339 g/mol. The lowest BCUT2D eigenvalue weighted by Crippen LogP contribution is -2.21. The minimum Gasteiger partial charge on any atom is -0.389 e. The van der Waals surface area contributed by atoms with Crippen LogP contribution >= 0.6 is 0 Å². The predicted molar refractivity (Wildman–Crippen MR) is 103 cm³/mol. The highest BCUT2D eigenvalue weighted by molar-refractivity contribution is 5.69. The Morgan fingerprint density at radius 2 is 1.96 bits per heavy atom. The van der Waals surface area contributed by atoms with Gasteiger partial charge in [0.05, 0.1) is 5.11 Å². The number of unbranched alkanes of at least 4 members (excludes halogenated alkanes) is 1. The van der Waals surface area contributed by atoms with E-state index in [1.165, 1.54) is 0 Å². The minimum atomic E-state index is 0. The van der Waals surface area contributed by atoms with Gasteiger partial charge in [0.25, 0.3) is 6.04 Å². The molecule has 0 fully saturated rings. The number of rotatable bonds is 11. The van der Waals surface area contributed by atoms with E-state index in [0.29, 0.717) is 6.04 Å². The van der Waals surface area contributed by atoms with Crippen LogP contribution < -0.4 is 23.4 Å². The van der Waals surface area contributed by atoms with Crippen molar-refractivity contribution in [2.45, 2.75) is 65.0 Å².